The molecule has 0 radical (unpaired) electrons. The highest BCUT2D eigenvalue weighted by molar-refractivity contribution is 5.65. The topological polar surface area (TPSA) is 52.1 Å². The van der Waals surface area contributed by atoms with Crippen LogP contribution in [-0.2, 0) is 16.1 Å². The highest BCUT2D eigenvalue weighted by Crippen LogP contribution is 2.14. The van der Waals surface area contributed by atoms with Gasteiger partial charge in [-0.15, -0.1) is 0 Å². The first kappa shape index (κ1) is 11.3. The number of aromatic nitrogens is 2. The minimum Gasteiger partial charge on any atom is -0.459 e. The zero-order valence-electron chi connectivity index (χ0n) is 9.46. The lowest BCUT2D eigenvalue weighted by atomic mass is 10.2. The molecule has 2 aromatic rings. The van der Waals surface area contributed by atoms with Crippen molar-refractivity contribution in [1.29, 1.82) is 0 Å². The SMILES string of the molecule is CC(=O)OCc1cnc(-c2ccccc2)cn1. The van der Waals surface area contributed by atoms with E-state index in [1.807, 2.05) is 30.3 Å². The molecule has 0 fully saturated rings. The van der Waals surface area contributed by atoms with E-state index in [2.05, 4.69) is 9.97 Å². The lowest BCUT2D eigenvalue weighted by Gasteiger charge is -2.03. The second kappa shape index (κ2) is 5.21. The third-order valence-corrected chi connectivity index (χ3v) is 2.20. The van der Waals surface area contributed by atoms with E-state index in [-0.39, 0.29) is 12.6 Å². The van der Waals surface area contributed by atoms with Crippen molar-refractivity contribution < 1.29 is 9.53 Å². The average Bonchev–Trinajstić information content (AvgIpc) is 2.38. The normalized spacial score (nSPS) is 9.94. The number of carbonyl (C=O) groups excluding carboxylic acids is 1. The zero-order valence-corrected chi connectivity index (χ0v) is 9.46. The molecule has 0 saturated carbocycles. The smallest absolute Gasteiger partial charge is 0.303 e. The van der Waals surface area contributed by atoms with Gasteiger partial charge in [0.25, 0.3) is 0 Å². The first-order valence-electron chi connectivity index (χ1n) is 5.25. The van der Waals surface area contributed by atoms with E-state index in [1.54, 1.807) is 12.4 Å². The summed E-state index contributed by atoms with van der Waals surface area (Å²) in [5, 5.41) is 0. The van der Waals surface area contributed by atoms with Gasteiger partial charge in [-0.3, -0.25) is 14.8 Å². The Bertz CT molecular complexity index is 495. The van der Waals surface area contributed by atoms with Gasteiger partial charge in [-0.2, -0.15) is 0 Å². The number of nitrogens with zero attached hydrogens (tertiary/aromatic N) is 2. The van der Waals surface area contributed by atoms with Crippen LogP contribution in [0.3, 0.4) is 0 Å². The van der Waals surface area contributed by atoms with Crippen LogP contribution in [0.4, 0.5) is 0 Å². The van der Waals surface area contributed by atoms with Gasteiger partial charge in [0.05, 0.1) is 23.8 Å². The Morgan fingerprint density at radius 2 is 1.94 bits per heavy atom. The van der Waals surface area contributed by atoms with Gasteiger partial charge in [0.1, 0.15) is 6.61 Å². The fourth-order valence-electron chi connectivity index (χ4n) is 1.36. The van der Waals surface area contributed by atoms with Crippen LogP contribution in [0, 0.1) is 0 Å². The van der Waals surface area contributed by atoms with Crippen molar-refractivity contribution in [3.63, 3.8) is 0 Å². The van der Waals surface area contributed by atoms with Crippen LogP contribution in [0.25, 0.3) is 11.3 Å². The molecule has 0 bridgehead atoms. The molecule has 86 valence electrons. The Balaban J connectivity index is 2.11. The van der Waals surface area contributed by atoms with Gasteiger partial charge in [0, 0.05) is 12.5 Å². The van der Waals surface area contributed by atoms with Crippen LogP contribution in [0.5, 0.6) is 0 Å². The molecule has 0 unspecified atom stereocenters. The lowest BCUT2D eigenvalue weighted by Crippen LogP contribution is -2.01. The van der Waals surface area contributed by atoms with Crippen molar-refractivity contribution in [2.75, 3.05) is 0 Å². The predicted octanol–water partition coefficient (Wildman–Crippen LogP) is 2.21. The van der Waals surface area contributed by atoms with Crippen molar-refractivity contribution in [3.05, 3.63) is 48.4 Å². The Morgan fingerprint density at radius 3 is 2.53 bits per heavy atom. The van der Waals surface area contributed by atoms with E-state index in [4.69, 9.17) is 4.74 Å². The minimum atomic E-state index is -0.320. The summed E-state index contributed by atoms with van der Waals surface area (Å²) in [5.74, 6) is -0.320. The van der Waals surface area contributed by atoms with Crippen LogP contribution in [-0.4, -0.2) is 15.9 Å². The average molecular weight is 228 g/mol. The Labute approximate surface area is 99.3 Å². The van der Waals surface area contributed by atoms with Crippen LogP contribution >= 0.6 is 0 Å². The number of rotatable bonds is 3. The molecule has 1 aromatic carbocycles. The van der Waals surface area contributed by atoms with Crippen LogP contribution < -0.4 is 0 Å². The molecule has 0 aliphatic rings. The summed E-state index contributed by atoms with van der Waals surface area (Å²) < 4.78 is 4.83. The Kier molecular flexibility index (Phi) is 3.45. The maximum Gasteiger partial charge on any atom is 0.303 e. The zero-order chi connectivity index (χ0) is 12.1. The molecule has 17 heavy (non-hydrogen) atoms. The summed E-state index contributed by atoms with van der Waals surface area (Å²) >= 11 is 0. The van der Waals surface area contributed by atoms with E-state index < -0.39 is 0 Å². The largest absolute Gasteiger partial charge is 0.459 e. The molecule has 0 aliphatic carbocycles. The molecule has 0 aliphatic heterocycles. The van der Waals surface area contributed by atoms with Crippen LogP contribution in [0.2, 0.25) is 0 Å². The molecular formula is C13H12N2O2. The molecule has 4 heteroatoms. The van der Waals surface area contributed by atoms with Gasteiger partial charge < -0.3 is 4.74 Å². The van der Waals surface area contributed by atoms with Crippen molar-refractivity contribution >= 4 is 5.97 Å². The monoisotopic (exact) mass is 228 g/mol. The molecule has 1 heterocycles. The van der Waals surface area contributed by atoms with E-state index >= 15 is 0 Å². The van der Waals surface area contributed by atoms with Gasteiger partial charge in [-0.05, 0) is 0 Å². The molecule has 0 atom stereocenters. The molecular weight excluding hydrogens is 216 g/mol. The maximum absolute atomic E-state index is 10.6. The minimum absolute atomic E-state index is 0.164. The molecule has 2 rings (SSSR count). The van der Waals surface area contributed by atoms with Crippen molar-refractivity contribution in [1.82, 2.24) is 9.97 Å². The van der Waals surface area contributed by atoms with Crippen LogP contribution in [0.15, 0.2) is 42.7 Å². The maximum atomic E-state index is 10.6. The summed E-state index contributed by atoms with van der Waals surface area (Å²) in [7, 11) is 0. The first-order valence-corrected chi connectivity index (χ1v) is 5.25. The van der Waals surface area contributed by atoms with Crippen LogP contribution in [0.1, 0.15) is 12.6 Å². The van der Waals surface area contributed by atoms with Crippen molar-refractivity contribution in [3.8, 4) is 11.3 Å². The number of carbonyl (C=O) groups is 1. The summed E-state index contributed by atoms with van der Waals surface area (Å²) in [6.07, 6.45) is 3.29. The molecule has 1 aromatic heterocycles. The molecule has 4 nitrogen and oxygen atoms in total. The number of hydrogen-bond donors (Lipinski definition) is 0. The van der Waals surface area contributed by atoms with Crippen molar-refractivity contribution in [2.24, 2.45) is 0 Å². The number of esters is 1. The van der Waals surface area contributed by atoms with E-state index in [0.717, 1.165) is 11.3 Å². The van der Waals surface area contributed by atoms with Gasteiger partial charge in [-0.25, -0.2) is 0 Å². The summed E-state index contributed by atoms with van der Waals surface area (Å²) in [5.41, 5.74) is 2.45. The van der Waals surface area contributed by atoms with E-state index in [0.29, 0.717) is 5.69 Å². The number of hydrogen-bond acceptors (Lipinski definition) is 4. The third-order valence-electron chi connectivity index (χ3n) is 2.20. The predicted molar refractivity (Wildman–Crippen MR) is 62.9 cm³/mol. The summed E-state index contributed by atoms with van der Waals surface area (Å²) in [4.78, 5) is 19.1. The summed E-state index contributed by atoms with van der Waals surface area (Å²) in [6, 6.07) is 9.78. The fourth-order valence-corrected chi connectivity index (χ4v) is 1.36. The summed E-state index contributed by atoms with van der Waals surface area (Å²) in [6.45, 7) is 1.53. The highest BCUT2D eigenvalue weighted by atomic mass is 16.5. The van der Waals surface area contributed by atoms with E-state index in [9.17, 15) is 4.79 Å². The first-order chi connectivity index (χ1) is 8.25. The molecule has 0 amide bonds. The quantitative estimate of drug-likeness (QED) is 0.756. The molecule has 0 spiro atoms. The second-order valence-corrected chi connectivity index (χ2v) is 3.54. The Hall–Kier alpha value is -2.23. The number of benzene rings is 1. The number of ether oxygens (including phenoxy) is 1. The van der Waals surface area contributed by atoms with Gasteiger partial charge >= 0.3 is 5.97 Å². The molecule has 0 saturated heterocycles. The molecule has 0 N–H and O–H groups in total. The fraction of sp³-hybridized carbons (Fsp3) is 0.154. The van der Waals surface area contributed by atoms with Gasteiger partial charge in [0.2, 0.25) is 0 Å². The van der Waals surface area contributed by atoms with Gasteiger partial charge in [-0.1, -0.05) is 30.3 Å². The Morgan fingerprint density at radius 1 is 1.18 bits per heavy atom. The lowest BCUT2D eigenvalue weighted by molar-refractivity contribution is -0.142. The standard InChI is InChI=1S/C13H12N2O2/c1-10(16)17-9-12-7-15-13(8-14-12)11-5-3-2-4-6-11/h2-8H,9H2,1H3. The third kappa shape index (κ3) is 3.11. The second-order valence-electron chi connectivity index (χ2n) is 3.54. The van der Waals surface area contributed by atoms with Gasteiger partial charge in [0.15, 0.2) is 0 Å². The van der Waals surface area contributed by atoms with Crippen molar-refractivity contribution in [2.45, 2.75) is 13.5 Å². The highest BCUT2D eigenvalue weighted by Gasteiger charge is 2.01. The van der Waals surface area contributed by atoms with E-state index in [1.165, 1.54) is 6.92 Å².